The van der Waals surface area contributed by atoms with E-state index in [4.69, 9.17) is 9.47 Å². The van der Waals surface area contributed by atoms with Crippen LogP contribution in [0.2, 0.25) is 0 Å². The molecule has 13 rings (SSSR count). The minimum Gasteiger partial charge on any atom is -0.458 e. The molecule has 2 aliphatic rings. The largest absolute Gasteiger partial charge is 0.458 e. The van der Waals surface area contributed by atoms with E-state index < -0.39 is 0 Å². The number of aromatic nitrogens is 2. The van der Waals surface area contributed by atoms with Crippen molar-refractivity contribution < 1.29 is 9.47 Å². The Kier molecular flexibility index (Phi) is 5.16. The summed E-state index contributed by atoms with van der Waals surface area (Å²) in [5.41, 5.74) is 12.9. The molecule has 0 bridgehead atoms. The molecule has 0 unspecified atom stereocenters. The second-order valence-corrected chi connectivity index (χ2v) is 14.4. The smallest absolute Gasteiger partial charge is 0.260 e. The van der Waals surface area contributed by atoms with E-state index in [-0.39, 0.29) is 6.71 Å². The van der Waals surface area contributed by atoms with E-state index in [1.165, 1.54) is 70.8 Å². The highest BCUT2D eigenvalue weighted by molar-refractivity contribution is 6.98. The Labute approximate surface area is 304 Å². The Bertz CT molecular complexity index is 3300. The molecule has 3 aromatic heterocycles. The third-order valence-corrected chi connectivity index (χ3v) is 11.8. The normalized spacial score (nSPS) is 13.2. The van der Waals surface area contributed by atoms with Crippen molar-refractivity contribution in [1.82, 2.24) is 8.97 Å². The molecule has 5 heterocycles. The summed E-state index contributed by atoms with van der Waals surface area (Å²) >= 11 is 0. The van der Waals surface area contributed by atoms with Gasteiger partial charge in [-0.15, -0.1) is 0 Å². The standard InChI is InChI=1S/C48H27BN2O2/c1-5-19-37-31(13-1)32-15-10-16-34-46-40(51(37)48(32)34)24-23-39-45(46)33-14-2-6-20-38(33)50(39)30-12-9-11-28(25-30)29-26-43-47-44(27-29)53-42-22-8-4-18-36(42)49(47)35-17-3-7-21-41(35)52-43/h1-27H. The number of hydrogen-bond acceptors (Lipinski definition) is 2. The van der Waals surface area contributed by atoms with Gasteiger partial charge in [-0.25, -0.2) is 0 Å². The van der Waals surface area contributed by atoms with Gasteiger partial charge in [-0.2, -0.15) is 0 Å². The van der Waals surface area contributed by atoms with Crippen molar-refractivity contribution in [3.05, 3.63) is 164 Å². The molecular formula is C48H27BN2O2. The highest BCUT2D eigenvalue weighted by Crippen LogP contribution is 2.45. The summed E-state index contributed by atoms with van der Waals surface area (Å²) in [5.74, 6) is 3.48. The Hall–Kier alpha value is -6.98. The van der Waals surface area contributed by atoms with Gasteiger partial charge in [0.05, 0.1) is 27.6 Å². The predicted octanol–water partition coefficient (Wildman–Crippen LogP) is 10.3. The molecule has 4 nitrogen and oxygen atoms in total. The lowest BCUT2D eigenvalue weighted by Gasteiger charge is -2.33. The minimum absolute atomic E-state index is 0.0561. The maximum absolute atomic E-state index is 6.65. The molecule has 0 aliphatic carbocycles. The van der Waals surface area contributed by atoms with Crippen molar-refractivity contribution in [3.8, 4) is 39.8 Å². The highest BCUT2D eigenvalue weighted by Gasteiger charge is 2.40. The third kappa shape index (κ3) is 3.51. The van der Waals surface area contributed by atoms with Gasteiger partial charge >= 0.3 is 0 Å². The molecule has 0 N–H and O–H groups in total. The van der Waals surface area contributed by atoms with Crippen LogP contribution in [0.25, 0.3) is 76.7 Å². The fraction of sp³-hybridized carbons (Fsp3) is 0. The lowest BCUT2D eigenvalue weighted by atomic mass is 9.35. The van der Waals surface area contributed by atoms with Crippen LogP contribution in [0.5, 0.6) is 23.0 Å². The van der Waals surface area contributed by atoms with Gasteiger partial charge < -0.3 is 18.4 Å². The molecule has 11 aromatic rings. The molecule has 244 valence electrons. The van der Waals surface area contributed by atoms with Gasteiger partial charge in [0.25, 0.3) is 6.71 Å². The summed E-state index contributed by atoms with van der Waals surface area (Å²) in [6, 6.07) is 59.0. The molecule has 0 fully saturated rings. The Morgan fingerprint density at radius 2 is 1.00 bits per heavy atom. The number of nitrogens with zero attached hydrogens (tertiary/aromatic N) is 2. The van der Waals surface area contributed by atoms with E-state index >= 15 is 0 Å². The Morgan fingerprint density at radius 3 is 1.79 bits per heavy atom. The van der Waals surface area contributed by atoms with Crippen molar-refractivity contribution in [2.45, 2.75) is 0 Å². The van der Waals surface area contributed by atoms with Crippen LogP contribution < -0.4 is 25.9 Å². The maximum atomic E-state index is 6.65. The van der Waals surface area contributed by atoms with Crippen LogP contribution >= 0.6 is 0 Å². The molecule has 5 heteroatoms. The molecule has 0 atom stereocenters. The van der Waals surface area contributed by atoms with Crippen molar-refractivity contribution in [2.24, 2.45) is 0 Å². The summed E-state index contributed by atoms with van der Waals surface area (Å²) in [4.78, 5) is 0. The Morgan fingerprint density at radius 1 is 0.396 bits per heavy atom. The van der Waals surface area contributed by atoms with E-state index in [1.807, 2.05) is 12.1 Å². The van der Waals surface area contributed by atoms with Crippen LogP contribution in [0, 0.1) is 0 Å². The summed E-state index contributed by atoms with van der Waals surface area (Å²) < 4.78 is 18.2. The molecule has 0 saturated carbocycles. The lowest BCUT2D eigenvalue weighted by molar-refractivity contribution is 0.465. The highest BCUT2D eigenvalue weighted by atomic mass is 16.5. The number of ether oxygens (including phenoxy) is 2. The van der Waals surface area contributed by atoms with E-state index in [9.17, 15) is 0 Å². The first-order valence-corrected chi connectivity index (χ1v) is 18.2. The third-order valence-electron chi connectivity index (χ3n) is 11.8. The van der Waals surface area contributed by atoms with E-state index in [0.717, 1.165) is 45.3 Å². The van der Waals surface area contributed by atoms with Gasteiger partial charge in [0, 0.05) is 43.5 Å². The second-order valence-electron chi connectivity index (χ2n) is 14.4. The first-order valence-electron chi connectivity index (χ1n) is 18.2. The fourth-order valence-corrected chi connectivity index (χ4v) is 9.64. The first-order chi connectivity index (χ1) is 26.3. The monoisotopic (exact) mass is 674 g/mol. The zero-order valence-corrected chi connectivity index (χ0v) is 28.4. The van der Waals surface area contributed by atoms with Gasteiger partial charge in [0.2, 0.25) is 0 Å². The number of hydrogen-bond donors (Lipinski definition) is 0. The SMILES string of the molecule is c1cc(-c2cc3c4c(c2)Oc2ccccc2B4c2ccccc2O3)cc(-n2c3ccccc3c3c4c5cccc6c7ccccc7n(c4ccc32)c65)c1. The van der Waals surface area contributed by atoms with Gasteiger partial charge in [0.1, 0.15) is 23.0 Å². The average Bonchev–Trinajstić information content (AvgIpc) is 3.86. The van der Waals surface area contributed by atoms with Crippen LogP contribution in [-0.4, -0.2) is 15.7 Å². The Balaban J connectivity index is 1.04. The lowest BCUT2D eigenvalue weighted by Crippen LogP contribution is -2.57. The number of benzene rings is 8. The minimum atomic E-state index is 0.0561. The number of para-hydroxylation sites is 5. The predicted molar refractivity (Wildman–Crippen MR) is 219 cm³/mol. The van der Waals surface area contributed by atoms with Crippen molar-refractivity contribution in [3.63, 3.8) is 0 Å². The fourth-order valence-electron chi connectivity index (χ4n) is 9.64. The van der Waals surface area contributed by atoms with E-state index in [2.05, 4.69) is 161 Å². The summed E-state index contributed by atoms with van der Waals surface area (Å²) in [5, 5.41) is 7.73. The van der Waals surface area contributed by atoms with Crippen LogP contribution in [0.15, 0.2) is 164 Å². The number of fused-ring (bicyclic) bond motifs is 14. The second kappa shape index (κ2) is 9.87. The van der Waals surface area contributed by atoms with Gasteiger partial charge in [0.15, 0.2) is 0 Å². The first kappa shape index (κ1) is 27.7. The van der Waals surface area contributed by atoms with Crippen LogP contribution in [0.4, 0.5) is 0 Å². The van der Waals surface area contributed by atoms with Crippen molar-refractivity contribution >= 4 is 83.0 Å². The van der Waals surface area contributed by atoms with Crippen LogP contribution in [0.1, 0.15) is 0 Å². The number of rotatable bonds is 2. The van der Waals surface area contributed by atoms with Crippen LogP contribution in [-0.2, 0) is 0 Å². The van der Waals surface area contributed by atoms with Crippen molar-refractivity contribution in [1.29, 1.82) is 0 Å². The van der Waals surface area contributed by atoms with Gasteiger partial charge in [-0.3, -0.25) is 0 Å². The average molecular weight is 675 g/mol. The van der Waals surface area contributed by atoms with E-state index in [1.54, 1.807) is 0 Å². The molecule has 0 amide bonds. The van der Waals surface area contributed by atoms with Gasteiger partial charge in [-0.1, -0.05) is 103 Å². The van der Waals surface area contributed by atoms with E-state index in [0.29, 0.717) is 0 Å². The topological polar surface area (TPSA) is 27.8 Å². The molecular weight excluding hydrogens is 647 g/mol. The molecule has 8 aromatic carbocycles. The summed E-state index contributed by atoms with van der Waals surface area (Å²) in [6.07, 6.45) is 0. The maximum Gasteiger partial charge on any atom is 0.260 e. The molecule has 53 heavy (non-hydrogen) atoms. The summed E-state index contributed by atoms with van der Waals surface area (Å²) in [7, 11) is 0. The summed E-state index contributed by atoms with van der Waals surface area (Å²) in [6.45, 7) is 0.0561. The zero-order chi connectivity index (χ0) is 34.4. The molecule has 0 saturated heterocycles. The zero-order valence-electron chi connectivity index (χ0n) is 28.4. The van der Waals surface area contributed by atoms with Crippen LogP contribution in [0.3, 0.4) is 0 Å². The van der Waals surface area contributed by atoms with Crippen molar-refractivity contribution in [2.75, 3.05) is 0 Å². The molecule has 2 aliphatic heterocycles. The molecule has 0 spiro atoms. The quantitative estimate of drug-likeness (QED) is 0.171. The molecule has 0 radical (unpaired) electrons. The van der Waals surface area contributed by atoms with Gasteiger partial charge in [-0.05, 0) is 82.7 Å².